The van der Waals surface area contributed by atoms with E-state index in [9.17, 15) is 14.7 Å². The van der Waals surface area contributed by atoms with Crippen LogP contribution in [0.25, 0.3) is 0 Å². The smallest absolute Gasteiger partial charge is 0.308 e. The fourth-order valence-corrected chi connectivity index (χ4v) is 1.51. The summed E-state index contributed by atoms with van der Waals surface area (Å²) in [6.07, 6.45) is 0. The van der Waals surface area contributed by atoms with Crippen LogP contribution in [0.15, 0.2) is 18.2 Å². The Labute approximate surface area is 109 Å². The Morgan fingerprint density at radius 2 is 1.94 bits per heavy atom. The lowest BCUT2D eigenvalue weighted by atomic mass is 10.0. The molecule has 1 aromatic rings. The number of phenolic OH excluding ortho intramolecular Hbond substituents is 1. The van der Waals surface area contributed by atoms with E-state index in [0.717, 1.165) is 0 Å². The molecule has 0 spiro atoms. The first-order valence-electron chi connectivity index (χ1n) is 5.35. The summed E-state index contributed by atoms with van der Waals surface area (Å²) in [5.74, 6) is -2.31. The van der Waals surface area contributed by atoms with Crippen molar-refractivity contribution in [2.24, 2.45) is 5.92 Å². The Morgan fingerprint density at radius 1 is 1.33 bits per heavy atom. The van der Waals surface area contributed by atoms with Gasteiger partial charge in [-0.3, -0.25) is 9.59 Å². The monoisotopic (exact) mass is 271 g/mol. The molecule has 0 saturated carbocycles. The third kappa shape index (κ3) is 3.37. The zero-order chi connectivity index (χ0) is 13.9. The molecule has 0 aliphatic heterocycles. The van der Waals surface area contributed by atoms with E-state index in [-0.39, 0.29) is 16.3 Å². The summed E-state index contributed by atoms with van der Waals surface area (Å²) >= 11 is 5.83. The molecule has 0 bridgehead atoms. The molecule has 98 valence electrons. The Morgan fingerprint density at radius 3 is 2.50 bits per heavy atom. The minimum Gasteiger partial charge on any atom is -0.508 e. The van der Waals surface area contributed by atoms with Crippen molar-refractivity contribution < 1.29 is 19.8 Å². The summed E-state index contributed by atoms with van der Waals surface area (Å²) < 4.78 is 0. The molecule has 0 fully saturated rings. The molecule has 0 radical (unpaired) electrons. The minimum absolute atomic E-state index is 0.0801. The number of carboxylic acid groups (broad SMARTS) is 1. The standard InChI is InChI=1S/C12H14ClNO4/c1-6(12(17)18)7(2)14-11(16)9-5-8(15)3-4-10(9)13/h3-7,15H,1-2H3,(H,14,16)(H,17,18). The third-order valence-corrected chi connectivity index (χ3v) is 3.02. The summed E-state index contributed by atoms with van der Waals surface area (Å²) in [4.78, 5) is 22.6. The molecule has 6 heteroatoms. The molecule has 1 rings (SSSR count). The highest BCUT2D eigenvalue weighted by Gasteiger charge is 2.22. The number of carbonyl (C=O) groups is 2. The van der Waals surface area contributed by atoms with Gasteiger partial charge in [0, 0.05) is 6.04 Å². The first-order chi connectivity index (χ1) is 8.32. The third-order valence-electron chi connectivity index (χ3n) is 2.69. The Bertz CT molecular complexity index is 475. The van der Waals surface area contributed by atoms with E-state index in [4.69, 9.17) is 16.7 Å². The van der Waals surface area contributed by atoms with Gasteiger partial charge in [-0.25, -0.2) is 0 Å². The number of nitrogens with one attached hydrogen (secondary N) is 1. The predicted octanol–water partition coefficient (Wildman–Crippen LogP) is 1.88. The van der Waals surface area contributed by atoms with Crippen LogP contribution in [-0.4, -0.2) is 28.1 Å². The molecule has 1 aromatic carbocycles. The van der Waals surface area contributed by atoms with E-state index in [1.807, 2.05) is 0 Å². The second-order valence-corrected chi connectivity index (χ2v) is 4.46. The van der Waals surface area contributed by atoms with Crippen LogP contribution in [0.5, 0.6) is 5.75 Å². The summed E-state index contributed by atoms with van der Waals surface area (Å²) in [6.45, 7) is 3.09. The normalized spacial score (nSPS) is 13.7. The van der Waals surface area contributed by atoms with Crippen LogP contribution < -0.4 is 5.32 Å². The van der Waals surface area contributed by atoms with Crippen LogP contribution in [0, 0.1) is 5.92 Å². The van der Waals surface area contributed by atoms with Crippen molar-refractivity contribution >= 4 is 23.5 Å². The van der Waals surface area contributed by atoms with Gasteiger partial charge in [0.1, 0.15) is 5.75 Å². The van der Waals surface area contributed by atoms with E-state index in [2.05, 4.69) is 5.32 Å². The molecule has 0 aliphatic rings. The van der Waals surface area contributed by atoms with Crippen molar-refractivity contribution in [3.05, 3.63) is 28.8 Å². The predicted molar refractivity (Wildman–Crippen MR) is 66.8 cm³/mol. The van der Waals surface area contributed by atoms with Crippen molar-refractivity contribution in [3.63, 3.8) is 0 Å². The molecule has 5 nitrogen and oxygen atoms in total. The average Bonchev–Trinajstić information content (AvgIpc) is 2.30. The summed E-state index contributed by atoms with van der Waals surface area (Å²) in [7, 11) is 0. The fourth-order valence-electron chi connectivity index (χ4n) is 1.31. The average molecular weight is 272 g/mol. The number of rotatable bonds is 4. The minimum atomic E-state index is -0.996. The topological polar surface area (TPSA) is 86.6 Å². The SMILES string of the molecule is CC(NC(=O)c1cc(O)ccc1Cl)C(C)C(=O)O. The van der Waals surface area contributed by atoms with Gasteiger partial charge in [0.25, 0.3) is 5.91 Å². The van der Waals surface area contributed by atoms with Gasteiger partial charge < -0.3 is 15.5 Å². The second kappa shape index (κ2) is 5.73. The highest BCUT2D eigenvalue weighted by molar-refractivity contribution is 6.33. The zero-order valence-corrected chi connectivity index (χ0v) is 10.7. The summed E-state index contributed by atoms with van der Waals surface area (Å²) in [5, 5.41) is 20.8. The first-order valence-corrected chi connectivity index (χ1v) is 5.73. The lowest BCUT2D eigenvalue weighted by molar-refractivity contribution is -0.141. The molecular weight excluding hydrogens is 258 g/mol. The summed E-state index contributed by atoms with van der Waals surface area (Å²) in [6, 6.07) is 3.45. The Balaban J connectivity index is 2.82. The lowest BCUT2D eigenvalue weighted by Gasteiger charge is -2.18. The van der Waals surface area contributed by atoms with Gasteiger partial charge in [-0.2, -0.15) is 0 Å². The Hall–Kier alpha value is -1.75. The second-order valence-electron chi connectivity index (χ2n) is 4.05. The van der Waals surface area contributed by atoms with E-state index >= 15 is 0 Å². The number of phenols is 1. The molecule has 0 saturated heterocycles. The van der Waals surface area contributed by atoms with Gasteiger partial charge in [-0.1, -0.05) is 11.6 Å². The quantitative estimate of drug-likeness (QED) is 0.780. The highest BCUT2D eigenvalue weighted by atomic mass is 35.5. The lowest BCUT2D eigenvalue weighted by Crippen LogP contribution is -2.40. The molecule has 0 heterocycles. The fraction of sp³-hybridized carbons (Fsp3) is 0.333. The van der Waals surface area contributed by atoms with Gasteiger partial charge in [0.2, 0.25) is 0 Å². The number of amides is 1. The van der Waals surface area contributed by atoms with Gasteiger partial charge in [0.05, 0.1) is 16.5 Å². The zero-order valence-electron chi connectivity index (χ0n) is 9.98. The number of aromatic hydroxyl groups is 1. The first kappa shape index (κ1) is 14.3. The van der Waals surface area contributed by atoms with Crippen LogP contribution in [-0.2, 0) is 4.79 Å². The molecule has 2 atom stereocenters. The van der Waals surface area contributed by atoms with Crippen molar-refractivity contribution in [3.8, 4) is 5.75 Å². The molecular formula is C12H14ClNO4. The number of benzene rings is 1. The van der Waals surface area contributed by atoms with Crippen LogP contribution in [0.3, 0.4) is 0 Å². The van der Waals surface area contributed by atoms with E-state index < -0.39 is 23.8 Å². The summed E-state index contributed by atoms with van der Waals surface area (Å²) in [5.41, 5.74) is 0.112. The molecule has 1 amide bonds. The maximum atomic E-state index is 11.9. The maximum Gasteiger partial charge on any atom is 0.308 e. The van der Waals surface area contributed by atoms with Crippen LogP contribution >= 0.6 is 11.6 Å². The molecule has 0 aliphatic carbocycles. The van der Waals surface area contributed by atoms with Crippen molar-refractivity contribution in [1.29, 1.82) is 0 Å². The van der Waals surface area contributed by atoms with Gasteiger partial charge >= 0.3 is 5.97 Å². The number of halogens is 1. The number of carbonyl (C=O) groups excluding carboxylic acids is 1. The van der Waals surface area contributed by atoms with E-state index in [1.54, 1.807) is 6.92 Å². The Kier molecular flexibility index (Phi) is 4.55. The van der Waals surface area contributed by atoms with E-state index in [0.29, 0.717) is 0 Å². The van der Waals surface area contributed by atoms with Crippen LogP contribution in [0.4, 0.5) is 0 Å². The molecule has 2 unspecified atom stereocenters. The maximum absolute atomic E-state index is 11.9. The molecule has 0 aromatic heterocycles. The number of carboxylic acids is 1. The highest BCUT2D eigenvalue weighted by Crippen LogP contribution is 2.21. The number of aliphatic carboxylic acids is 1. The van der Waals surface area contributed by atoms with Crippen molar-refractivity contribution in [2.75, 3.05) is 0 Å². The van der Waals surface area contributed by atoms with Crippen molar-refractivity contribution in [1.82, 2.24) is 5.32 Å². The number of hydrogen-bond donors (Lipinski definition) is 3. The number of hydrogen-bond acceptors (Lipinski definition) is 3. The van der Waals surface area contributed by atoms with Gasteiger partial charge in [-0.15, -0.1) is 0 Å². The van der Waals surface area contributed by atoms with Crippen LogP contribution in [0.2, 0.25) is 5.02 Å². The largest absolute Gasteiger partial charge is 0.508 e. The molecule has 3 N–H and O–H groups in total. The van der Waals surface area contributed by atoms with Gasteiger partial charge in [0.15, 0.2) is 0 Å². The van der Waals surface area contributed by atoms with E-state index in [1.165, 1.54) is 25.1 Å². The van der Waals surface area contributed by atoms with Crippen molar-refractivity contribution in [2.45, 2.75) is 19.9 Å². The molecule has 18 heavy (non-hydrogen) atoms. The van der Waals surface area contributed by atoms with Crippen LogP contribution in [0.1, 0.15) is 24.2 Å². The van der Waals surface area contributed by atoms with Gasteiger partial charge in [-0.05, 0) is 32.0 Å².